The van der Waals surface area contributed by atoms with E-state index in [1.54, 1.807) is 54.7 Å². The lowest BCUT2D eigenvalue weighted by Gasteiger charge is -2.30. The number of carbonyl (C=O) groups is 20. The van der Waals surface area contributed by atoms with E-state index in [2.05, 4.69) is 79.8 Å². The summed E-state index contributed by atoms with van der Waals surface area (Å²) in [5.41, 5.74) is 11.3. The number of hydrogen-bond acceptors (Lipinski definition) is 25. The van der Waals surface area contributed by atoms with Crippen molar-refractivity contribution in [2.24, 2.45) is 35.1 Å². The van der Waals surface area contributed by atoms with E-state index in [1.807, 2.05) is 0 Å². The molecule has 0 aliphatic heterocycles. The van der Waals surface area contributed by atoms with Gasteiger partial charge in [0.15, 0.2) is 0 Å². The molecule has 26 N–H and O–H groups in total. The predicted octanol–water partition coefficient (Wildman–Crippen LogP) is -7.69. The van der Waals surface area contributed by atoms with Crippen LogP contribution in [0.3, 0.4) is 0 Å². The summed E-state index contributed by atoms with van der Waals surface area (Å²) >= 11 is 1.23. The van der Waals surface area contributed by atoms with Crippen LogP contribution >= 0.6 is 11.8 Å². The van der Waals surface area contributed by atoms with Crippen LogP contribution < -0.4 is 91.2 Å². The van der Waals surface area contributed by atoms with E-state index in [0.717, 1.165) is 20.8 Å². The molecule has 0 fully saturated rings. The number of thioether (sulfide) groups is 1. The molecule has 0 aromatic heterocycles. The fraction of sp³-hybridized carbons (Fsp3) is 0.706. The zero-order valence-corrected chi connectivity index (χ0v) is 66.2. The van der Waals surface area contributed by atoms with E-state index in [0.29, 0.717) is 19.4 Å². The van der Waals surface area contributed by atoms with Crippen molar-refractivity contribution in [2.45, 2.75) is 244 Å². The van der Waals surface area contributed by atoms with Crippen molar-refractivity contribution >= 4 is 130 Å². The zero-order valence-electron chi connectivity index (χ0n) is 65.3. The Bertz CT molecular complexity index is 3310. The van der Waals surface area contributed by atoms with E-state index < -0.39 is 272 Å². The van der Waals surface area contributed by atoms with Gasteiger partial charge in [-0.1, -0.05) is 68.2 Å². The number of rotatable bonds is 56. The minimum atomic E-state index is -2.16. The normalized spacial score (nSPS) is 15.4. The van der Waals surface area contributed by atoms with Gasteiger partial charge in [0.1, 0.15) is 85.1 Å². The third-order valence-corrected chi connectivity index (χ3v) is 17.3. The number of amides is 15. The summed E-state index contributed by atoms with van der Waals surface area (Å²) in [4.78, 5) is 263. The smallest absolute Gasteiger partial charge is 0.322 e. The van der Waals surface area contributed by atoms with E-state index in [9.17, 15) is 127 Å². The van der Waals surface area contributed by atoms with E-state index in [1.165, 1.54) is 18.7 Å². The van der Waals surface area contributed by atoms with Gasteiger partial charge in [-0.3, -0.25) is 95.9 Å². The highest BCUT2D eigenvalue weighted by molar-refractivity contribution is 7.98. The number of hydrogen-bond donors (Lipinski definition) is 24. The third kappa shape index (κ3) is 41.1. The molecule has 0 aliphatic rings. The molecule has 0 heterocycles. The second-order valence-corrected chi connectivity index (χ2v) is 29.1. The first-order chi connectivity index (χ1) is 52.6. The van der Waals surface area contributed by atoms with Crippen molar-refractivity contribution in [3.05, 3.63) is 0 Å². The Balaban J connectivity index is 6.65. The Morgan fingerprint density at radius 2 is 0.681 bits per heavy atom. The zero-order chi connectivity index (χ0) is 86.9. The number of aliphatic hydroxyl groups excluding tert-OH is 2. The number of carbonyl (C=O) groups excluding carboxylic acids is 15. The third-order valence-electron chi connectivity index (χ3n) is 16.6. The Morgan fingerprint density at radius 1 is 0.354 bits per heavy atom. The lowest BCUT2D eigenvalue weighted by atomic mass is 9.96. The monoisotopic (exact) mass is 1630 g/mol. The first-order valence-electron chi connectivity index (χ1n) is 36.4. The largest absolute Gasteiger partial charge is 0.481 e. The van der Waals surface area contributed by atoms with Gasteiger partial charge in [0.2, 0.25) is 88.6 Å². The number of carboxylic acid groups (broad SMARTS) is 5. The fourth-order valence-electron chi connectivity index (χ4n) is 10.4. The van der Waals surface area contributed by atoms with Crippen LogP contribution in [-0.2, 0) is 95.9 Å². The SMILES string of the molecule is CC[C@H](C)[C@H](NC(=O)[C@H](CC(C)C)NC(=O)[C@H](CC(=O)O)NC(=O)[C@H](CC(=O)O)NC(=O)[C@H](CC(C)C)NC(=O)[C@H](C)NC(=O)[C@H](C)NC(=O)[C@H](CC(=O)O)NC(=O)[C@H](CCSC)NC(=O)CNC(=O)[C@H](CO)NC(=O)[C@@H](N)CCCCN)C(=O)N[C@@H](CC(=O)O)C(=O)N[C@H](C(=O)N[C@@H](CC(C)C)C(=O)NCC(=O)O)[C@@H](C)O. The Kier molecular flexibility index (Phi) is 47.9. The lowest BCUT2D eigenvalue weighted by molar-refractivity contribution is -0.144. The summed E-state index contributed by atoms with van der Waals surface area (Å²) in [5, 5.41) is 103. The molecule has 0 aromatic carbocycles. The van der Waals surface area contributed by atoms with Gasteiger partial charge in [0.25, 0.3) is 0 Å². The lowest BCUT2D eigenvalue weighted by Crippen LogP contribution is -2.62. The summed E-state index contributed by atoms with van der Waals surface area (Å²) in [6.45, 7) is 13.9. The topological polar surface area (TPSA) is 716 Å². The summed E-state index contributed by atoms with van der Waals surface area (Å²) in [6, 6.07) is -23.8. The summed E-state index contributed by atoms with van der Waals surface area (Å²) < 4.78 is 0. The molecule has 16 atom stereocenters. The summed E-state index contributed by atoms with van der Waals surface area (Å²) in [6.07, 6.45) is -4.04. The number of carboxylic acids is 5. The Morgan fingerprint density at radius 3 is 1.09 bits per heavy atom. The van der Waals surface area contributed by atoms with Gasteiger partial charge in [-0.05, 0) is 102 Å². The van der Waals surface area contributed by atoms with Gasteiger partial charge in [0.05, 0.1) is 51.0 Å². The van der Waals surface area contributed by atoms with Crippen LogP contribution in [0.4, 0.5) is 0 Å². The van der Waals surface area contributed by atoms with Crippen molar-refractivity contribution < 1.29 is 132 Å². The van der Waals surface area contributed by atoms with Crippen LogP contribution in [0.2, 0.25) is 0 Å². The maximum atomic E-state index is 14.3. The van der Waals surface area contributed by atoms with Crippen LogP contribution in [0, 0.1) is 23.7 Å². The minimum Gasteiger partial charge on any atom is -0.481 e. The first-order valence-corrected chi connectivity index (χ1v) is 37.8. The van der Waals surface area contributed by atoms with Gasteiger partial charge in [-0.25, -0.2) is 0 Å². The van der Waals surface area contributed by atoms with Crippen molar-refractivity contribution in [3.63, 3.8) is 0 Å². The predicted molar refractivity (Wildman–Crippen MR) is 400 cm³/mol. The van der Waals surface area contributed by atoms with Crippen molar-refractivity contribution in [2.75, 3.05) is 38.2 Å². The number of nitrogens with one attached hydrogen (secondary N) is 15. The molecule has 0 radical (unpaired) electrons. The molecule has 0 saturated carbocycles. The Labute approximate surface area is 656 Å². The highest BCUT2D eigenvalue weighted by atomic mass is 32.2. The van der Waals surface area contributed by atoms with E-state index in [-0.39, 0.29) is 50.2 Å². The Hall–Kier alpha value is -10.4. The van der Waals surface area contributed by atoms with Crippen LogP contribution in [0.5, 0.6) is 0 Å². The van der Waals surface area contributed by atoms with Crippen molar-refractivity contribution in [1.29, 1.82) is 0 Å². The summed E-state index contributed by atoms with van der Waals surface area (Å²) in [5.74, 6) is -27.1. The van der Waals surface area contributed by atoms with E-state index in [4.69, 9.17) is 16.6 Å². The van der Waals surface area contributed by atoms with Crippen molar-refractivity contribution in [1.82, 2.24) is 79.8 Å². The maximum absolute atomic E-state index is 14.3. The second kappa shape index (κ2) is 52.8. The molecular weight excluding hydrogens is 1520 g/mol. The van der Waals surface area contributed by atoms with Crippen LogP contribution in [0.25, 0.3) is 0 Å². The fourth-order valence-corrected chi connectivity index (χ4v) is 10.9. The molecular formula is C68H115N17O27S. The summed E-state index contributed by atoms with van der Waals surface area (Å²) in [7, 11) is 0. The number of nitrogens with two attached hydrogens (primary N) is 2. The molecule has 0 rings (SSSR count). The van der Waals surface area contributed by atoms with Crippen LogP contribution in [0.1, 0.15) is 153 Å². The molecule has 0 spiro atoms. The molecule has 44 nitrogen and oxygen atoms in total. The number of aliphatic carboxylic acids is 5. The van der Waals surface area contributed by atoms with Crippen LogP contribution in [-0.4, -0.2) is 283 Å². The number of aliphatic hydroxyl groups is 2. The average Bonchev–Trinajstić information content (AvgIpc) is 0.850. The molecule has 640 valence electrons. The minimum absolute atomic E-state index is 0.0484. The number of unbranched alkanes of at least 4 members (excludes halogenated alkanes) is 1. The molecule has 0 unspecified atom stereocenters. The second-order valence-electron chi connectivity index (χ2n) is 28.1. The maximum Gasteiger partial charge on any atom is 0.322 e. The first kappa shape index (κ1) is 103. The molecule has 0 aliphatic carbocycles. The molecule has 45 heteroatoms. The van der Waals surface area contributed by atoms with Crippen molar-refractivity contribution in [3.8, 4) is 0 Å². The molecule has 0 aromatic rings. The highest BCUT2D eigenvalue weighted by Crippen LogP contribution is 2.15. The van der Waals surface area contributed by atoms with Gasteiger partial charge in [0, 0.05) is 0 Å². The van der Waals surface area contributed by atoms with E-state index >= 15 is 0 Å². The molecule has 0 bridgehead atoms. The van der Waals surface area contributed by atoms with Gasteiger partial charge in [-0.15, -0.1) is 0 Å². The highest BCUT2D eigenvalue weighted by Gasteiger charge is 2.40. The van der Waals surface area contributed by atoms with Gasteiger partial charge < -0.3 is 127 Å². The van der Waals surface area contributed by atoms with Crippen LogP contribution in [0.15, 0.2) is 0 Å². The molecule has 113 heavy (non-hydrogen) atoms. The molecule has 15 amide bonds. The average molecular weight is 1630 g/mol. The van der Waals surface area contributed by atoms with Gasteiger partial charge >= 0.3 is 29.8 Å². The molecule has 0 saturated heterocycles. The van der Waals surface area contributed by atoms with Gasteiger partial charge in [-0.2, -0.15) is 11.8 Å². The standard InChI is InChI=1S/C68H115N17O27S/c1-13-33(8)53(67(111)82-45(26-51(95)96)66(110)85-54(36(11)87)68(112)81-39(20-30(2)3)58(102)72-28-52(97)98)84-65(109)41(22-32(6)7)77-63(107)43(24-49(91)92)80-64(108)44(25-50(93)94)79-62(106)40(21-31(4)5)76-56(100)35(10)73-55(99)34(9)74-61(105)42(23-48(89)90)78-60(104)38(17-19-113-12)75-47(88)27-71-59(103)46(29-86)83-57(101)37(70)16-14-15-18-69/h30-46,53-54,86-87H,13-29,69-70H2,1-12H3,(H,71,103)(H,72,102)(H,73,99)(H,74,105)(H,75,88)(H,76,100)(H,77,107)(H,78,104)(H,79,106)(H,80,108)(H,81,112)(H,82,111)(H,83,101)(H,84,109)(H,85,110)(H,89,90)(H,91,92)(H,93,94)(H,95,96)(H,97,98)/t33-,34-,35-,36+,37-,38-,39-,40-,41-,42-,43-,44-,45-,46-,53-,54-/m0/s1. The quantitative estimate of drug-likeness (QED) is 0.0252.